The Labute approximate surface area is 74.6 Å². The Morgan fingerprint density at radius 1 is 1.42 bits per heavy atom. The summed E-state index contributed by atoms with van der Waals surface area (Å²) < 4.78 is 0. The zero-order valence-corrected chi connectivity index (χ0v) is 7.93. The lowest BCUT2D eigenvalue weighted by molar-refractivity contribution is 0.109. The molecule has 0 radical (unpaired) electrons. The Morgan fingerprint density at radius 2 is 2.08 bits per heavy atom. The highest BCUT2D eigenvalue weighted by molar-refractivity contribution is 5.11. The van der Waals surface area contributed by atoms with E-state index in [1.165, 1.54) is 0 Å². The summed E-state index contributed by atoms with van der Waals surface area (Å²) in [5.41, 5.74) is -0.870. The average Bonchev–Trinajstić information content (AvgIpc) is 2.01. The van der Waals surface area contributed by atoms with Crippen LogP contribution in [0, 0.1) is 11.8 Å². The Hall–Kier alpha value is -0.520. The van der Waals surface area contributed by atoms with Crippen molar-refractivity contribution in [3.8, 4) is 11.8 Å². The summed E-state index contributed by atoms with van der Waals surface area (Å²) in [5.74, 6) is 5.47. The van der Waals surface area contributed by atoms with E-state index in [1.807, 2.05) is 0 Å². The van der Waals surface area contributed by atoms with Gasteiger partial charge >= 0.3 is 0 Å². The first-order valence-corrected chi connectivity index (χ1v) is 4.45. The molecule has 0 fully saturated rings. The Balaban J connectivity index is 3.79. The molecule has 0 aliphatic carbocycles. The maximum atomic E-state index is 9.62. The smallest absolute Gasteiger partial charge is 0.122 e. The van der Waals surface area contributed by atoms with Crippen LogP contribution in [0.15, 0.2) is 0 Å². The molecule has 0 aliphatic rings. The van der Waals surface area contributed by atoms with Gasteiger partial charge in [0.1, 0.15) is 5.60 Å². The molecule has 0 bridgehead atoms. The minimum atomic E-state index is -0.870. The molecule has 0 aliphatic heterocycles. The van der Waals surface area contributed by atoms with E-state index >= 15 is 0 Å². The van der Waals surface area contributed by atoms with Gasteiger partial charge in [0.05, 0.1) is 6.61 Å². The van der Waals surface area contributed by atoms with E-state index in [2.05, 4.69) is 18.8 Å². The maximum Gasteiger partial charge on any atom is 0.122 e. The monoisotopic (exact) mass is 170 g/mol. The topological polar surface area (TPSA) is 40.5 Å². The van der Waals surface area contributed by atoms with Gasteiger partial charge in [0.25, 0.3) is 0 Å². The predicted molar refractivity (Wildman–Crippen MR) is 49.6 cm³/mol. The highest BCUT2D eigenvalue weighted by Crippen LogP contribution is 2.11. The summed E-state index contributed by atoms with van der Waals surface area (Å²) in [4.78, 5) is 0. The second-order valence-electron chi connectivity index (χ2n) is 3.15. The number of hydrogen-bond acceptors (Lipinski definition) is 2. The van der Waals surface area contributed by atoms with Gasteiger partial charge in [0.2, 0.25) is 0 Å². The Morgan fingerprint density at radius 3 is 2.58 bits per heavy atom. The first-order chi connectivity index (χ1) is 5.62. The fourth-order valence-corrected chi connectivity index (χ4v) is 0.892. The second kappa shape index (κ2) is 6.05. The van der Waals surface area contributed by atoms with Crippen LogP contribution in [0.5, 0.6) is 0 Å². The number of aliphatic hydroxyl groups is 2. The van der Waals surface area contributed by atoms with Crippen molar-refractivity contribution in [2.75, 3.05) is 6.61 Å². The normalized spacial score (nSPS) is 14.7. The van der Waals surface area contributed by atoms with Crippen LogP contribution >= 0.6 is 0 Å². The number of unbranched alkanes of at least 4 members (excludes halogenated alkanes) is 1. The van der Waals surface area contributed by atoms with Crippen molar-refractivity contribution < 1.29 is 10.2 Å². The minimum absolute atomic E-state index is 0.0663. The fraction of sp³-hybridized carbons (Fsp3) is 0.800. The molecule has 0 aromatic heterocycles. The second-order valence-corrected chi connectivity index (χ2v) is 3.15. The summed E-state index contributed by atoms with van der Waals surface area (Å²) in [6.07, 6.45) is 3.21. The van der Waals surface area contributed by atoms with E-state index in [1.54, 1.807) is 6.92 Å². The summed E-state index contributed by atoms with van der Waals surface area (Å²) in [5, 5.41) is 18.1. The molecule has 0 saturated carbocycles. The van der Waals surface area contributed by atoms with Crippen molar-refractivity contribution in [1.29, 1.82) is 0 Å². The molecular formula is C10H18O2. The summed E-state index contributed by atoms with van der Waals surface area (Å²) in [6, 6.07) is 0. The van der Waals surface area contributed by atoms with Crippen LogP contribution in [0.2, 0.25) is 0 Å². The van der Waals surface area contributed by atoms with Gasteiger partial charge in [-0.2, -0.15) is 0 Å². The molecular weight excluding hydrogens is 152 g/mol. The summed E-state index contributed by atoms with van der Waals surface area (Å²) in [6.45, 7) is 3.86. The Bertz CT molecular complexity index is 162. The van der Waals surface area contributed by atoms with Gasteiger partial charge in [-0.05, 0) is 19.8 Å². The van der Waals surface area contributed by atoms with Crippen LogP contribution < -0.4 is 0 Å². The van der Waals surface area contributed by atoms with Gasteiger partial charge in [0, 0.05) is 6.42 Å². The largest absolute Gasteiger partial charge is 0.395 e. The maximum absolute atomic E-state index is 9.62. The molecule has 2 heteroatoms. The third-order valence-corrected chi connectivity index (χ3v) is 1.61. The van der Waals surface area contributed by atoms with Gasteiger partial charge in [-0.15, -0.1) is 0 Å². The quantitative estimate of drug-likeness (QED) is 0.625. The van der Waals surface area contributed by atoms with Crippen molar-refractivity contribution in [2.24, 2.45) is 0 Å². The fourth-order valence-electron chi connectivity index (χ4n) is 0.892. The first kappa shape index (κ1) is 11.5. The van der Waals surface area contributed by atoms with Gasteiger partial charge in [-0.1, -0.05) is 25.2 Å². The van der Waals surface area contributed by atoms with E-state index in [-0.39, 0.29) is 6.61 Å². The highest BCUT2D eigenvalue weighted by atomic mass is 16.3. The van der Waals surface area contributed by atoms with Crippen LogP contribution in [0.3, 0.4) is 0 Å². The van der Waals surface area contributed by atoms with Crippen LogP contribution in [0.1, 0.15) is 39.5 Å². The molecule has 0 saturated heterocycles. The number of rotatable bonds is 4. The molecule has 2 nitrogen and oxygen atoms in total. The highest BCUT2D eigenvalue weighted by Gasteiger charge is 2.14. The van der Waals surface area contributed by atoms with Gasteiger partial charge < -0.3 is 10.2 Å². The number of hydrogen-bond donors (Lipinski definition) is 2. The molecule has 1 atom stereocenters. The molecule has 2 N–H and O–H groups in total. The van der Waals surface area contributed by atoms with E-state index in [0.29, 0.717) is 12.8 Å². The van der Waals surface area contributed by atoms with Crippen LogP contribution in [0.25, 0.3) is 0 Å². The molecule has 0 spiro atoms. The zero-order chi connectivity index (χ0) is 9.45. The van der Waals surface area contributed by atoms with E-state index < -0.39 is 5.60 Å². The standard InChI is InChI=1S/C10H18O2/c1-3-4-7-10(2,12)8-5-6-9-11/h11-12H,3-4,6-7,9H2,1-2H3. The first-order valence-electron chi connectivity index (χ1n) is 4.45. The van der Waals surface area contributed by atoms with Gasteiger partial charge in [-0.3, -0.25) is 0 Å². The summed E-state index contributed by atoms with van der Waals surface area (Å²) >= 11 is 0. The van der Waals surface area contributed by atoms with E-state index in [4.69, 9.17) is 5.11 Å². The van der Waals surface area contributed by atoms with Crippen molar-refractivity contribution >= 4 is 0 Å². The van der Waals surface area contributed by atoms with Gasteiger partial charge in [-0.25, -0.2) is 0 Å². The van der Waals surface area contributed by atoms with E-state index in [9.17, 15) is 5.11 Å². The van der Waals surface area contributed by atoms with Crippen LogP contribution in [-0.4, -0.2) is 22.4 Å². The lowest BCUT2D eigenvalue weighted by atomic mass is 10.00. The van der Waals surface area contributed by atoms with Crippen molar-refractivity contribution in [3.63, 3.8) is 0 Å². The summed E-state index contributed by atoms with van der Waals surface area (Å²) in [7, 11) is 0. The predicted octanol–water partition coefficient (Wildman–Crippen LogP) is 1.31. The van der Waals surface area contributed by atoms with Crippen molar-refractivity contribution in [3.05, 3.63) is 0 Å². The van der Waals surface area contributed by atoms with Gasteiger partial charge in [0.15, 0.2) is 0 Å². The number of aliphatic hydroxyl groups excluding tert-OH is 1. The molecule has 0 rings (SSSR count). The minimum Gasteiger partial charge on any atom is -0.395 e. The molecule has 12 heavy (non-hydrogen) atoms. The third-order valence-electron chi connectivity index (χ3n) is 1.61. The SMILES string of the molecule is CCCCC(C)(O)C#CCCO. The van der Waals surface area contributed by atoms with E-state index in [0.717, 1.165) is 12.8 Å². The lowest BCUT2D eigenvalue weighted by Crippen LogP contribution is -2.20. The molecule has 0 amide bonds. The third kappa shape index (κ3) is 6.21. The van der Waals surface area contributed by atoms with Crippen molar-refractivity contribution in [2.45, 2.75) is 45.1 Å². The average molecular weight is 170 g/mol. The molecule has 0 heterocycles. The molecule has 0 aromatic rings. The molecule has 70 valence electrons. The van der Waals surface area contributed by atoms with Crippen LogP contribution in [0.4, 0.5) is 0 Å². The van der Waals surface area contributed by atoms with Crippen LogP contribution in [-0.2, 0) is 0 Å². The lowest BCUT2D eigenvalue weighted by Gasteiger charge is -2.14. The Kier molecular flexibility index (Phi) is 5.79. The molecule has 0 aromatic carbocycles. The molecule has 1 unspecified atom stereocenters. The zero-order valence-electron chi connectivity index (χ0n) is 7.93. The van der Waals surface area contributed by atoms with Crippen molar-refractivity contribution in [1.82, 2.24) is 0 Å².